The van der Waals surface area contributed by atoms with E-state index < -0.39 is 11.9 Å². The number of nitriles is 2. The van der Waals surface area contributed by atoms with E-state index in [1.807, 2.05) is 6.07 Å². The van der Waals surface area contributed by atoms with Crippen LogP contribution < -0.4 is 22.1 Å². The molecule has 8 nitrogen and oxygen atoms in total. The van der Waals surface area contributed by atoms with Gasteiger partial charge in [-0.25, -0.2) is 14.4 Å². The lowest BCUT2D eigenvalue weighted by atomic mass is 9.95. The van der Waals surface area contributed by atoms with E-state index in [1.165, 1.54) is 12.1 Å². The van der Waals surface area contributed by atoms with Gasteiger partial charge in [0.15, 0.2) is 6.19 Å². The van der Waals surface area contributed by atoms with E-state index in [1.54, 1.807) is 12.3 Å². The van der Waals surface area contributed by atoms with Crippen molar-refractivity contribution in [3.63, 3.8) is 0 Å². The van der Waals surface area contributed by atoms with E-state index in [0.717, 1.165) is 0 Å². The first kappa shape index (κ1) is 16.5. The van der Waals surface area contributed by atoms with E-state index in [9.17, 15) is 9.65 Å². The molecular weight excluding hydrogens is 391 g/mol. The summed E-state index contributed by atoms with van der Waals surface area (Å²) in [6, 6.07) is 5.46. The van der Waals surface area contributed by atoms with Gasteiger partial charge in [-0.1, -0.05) is 22.0 Å². The molecule has 0 spiro atoms. The molecule has 25 heavy (non-hydrogen) atoms. The molecule has 0 bridgehead atoms. The maximum Gasteiger partial charge on any atom is 0.211 e. The number of guanidine groups is 1. The number of hydrogen-bond acceptors (Lipinski definition) is 8. The van der Waals surface area contributed by atoms with Crippen LogP contribution in [0.15, 0.2) is 27.7 Å². The third-order valence-corrected chi connectivity index (χ3v) is 4.11. The number of anilines is 3. The highest BCUT2D eigenvalue weighted by Crippen LogP contribution is 2.41. The molecular formula is C15H10BrFN8. The molecule has 1 aliphatic rings. The molecule has 0 fully saturated rings. The summed E-state index contributed by atoms with van der Waals surface area (Å²) in [7, 11) is 0. The number of nitrogens with one attached hydrogen (secondary N) is 2. The minimum atomic E-state index is -0.902. The number of hydrogen-bond donors (Lipinski definition) is 4. The number of nitrogens with zero attached hydrogens (tertiary/aromatic N) is 4. The number of nitrogen functional groups attached to an aromatic ring is 2. The number of halogens is 2. The molecule has 1 aromatic carbocycles. The van der Waals surface area contributed by atoms with Crippen molar-refractivity contribution in [2.45, 2.75) is 6.04 Å². The number of pyridine rings is 1. The predicted molar refractivity (Wildman–Crippen MR) is 93.5 cm³/mol. The molecule has 0 saturated carbocycles. The number of fused-ring (bicyclic) bond motifs is 1. The molecule has 1 aliphatic heterocycles. The zero-order chi connectivity index (χ0) is 18.1. The van der Waals surface area contributed by atoms with Crippen LogP contribution in [0.1, 0.15) is 22.7 Å². The van der Waals surface area contributed by atoms with Crippen molar-refractivity contribution in [1.82, 2.24) is 10.3 Å². The van der Waals surface area contributed by atoms with Gasteiger partial charge in [-0.05, 0) is 12.1 Å². The lowest BCUT2D eigenvalue weighted by Crippen LogP contribution is -2.33. The first-order valence-corrected chi connectivity index (χ1v) is 7.69. The van der Waals surface area contributed by atoms with Crippen LogP contribution in [0.5, 0.6) is 0 Å². The van der Waals surface area contributed by atoms with Crippen LogP contribution in [0.25, 0.3) is 0 Å². The standard InChI is InChI=1S/C15H10BrFN8/c16-6-1-2-7(9(17)3-6)12-10-11(20)8(4-18)13(21)24-14(10)25-15(23-12)22-5-19/h1-3,12H,(H6,20,21,22,23,24,25). The van der Waals surface area contributed by atoms with Gasteiger partial charge in [0.2, 0.25) is 5.96 Å². The third-order valence-electron chi connectivity index (χ3n) is 3.61. The molecule has 2 aromatic rings. The van der Waals surface area contributed by atoms with E-state index in [0.29, 0.717) is 10.0 Å². The third kappa shape index (κ3) is 2.79. The molecule has 1 unspecified atom stereocenters. The Kier molecular flexibility index (Phi) is 4.13. The van der Waals surface area contributed by atoms with Crippen LogP contribution in [0.4, 0.5) is 21.7 Å². The summed E-state index contributed by atoms with van der Waals surface area (Å²) < 4.78 is 15.0. The lowest BCUT2D eigenvalue weighted by molar-refractivity contribution is 0.598. The summed E-state index contributed by atoms with van der Waals surface area (Å²) in [4.78, 5) is 8.39. The van der Waals surface area contributed by atoms with Crippen LogP contribution in [-0.2, 0) is 0 Å². The lowest BCUT2D eigenvalue weighted by Gasteiger charge is -2.26. The maximum atomic E-state index is 14.5. The minimum absolute atomic E-state index is 0.00466. The van der Waals surface area contributed by atoms with Crippen molar-refractivity contribution in [1.29, 1.82) is 10.5 Å². The fourth-order valence-electron chi connectivity index (χ4n) is 2.53. The molecule has 6 N–H and O–H groups in total. The van der Waals surface area contributed by atoms with Gasteiger partial charge in [0.05, 0.1) is 5.69 Å². The van der Waals surface area contributed by atoms with Crippen molar-refractivity contribution >= 4 is 39.2 Å². The molecule has 0 radical (unpaired) electrons. The fourth-order valence-corrected chi connectivity index (χ4v) is 2.86. The van der Waals surface area contributed by atoms with Crippen LogP contribution in [0.2, 0.25) is 0 Å². The largest absolute Gasteiger partial charge is 0.397 e. The molecule has 1 atom stereocenters. The highest BCUT2D eigenvalue weighted by molar-refractivity contribution is 9.10. The second-order valence-corrected chi connectivity index (χ2v) is 5.98. The van der Waals surface area contributed by atoms with Crippen molar-refractivity contribution in [3.05, 3.63) is 45.2 Å². The van der Waals surface area contributed by atoms with Gasteiger partial charge in [0.25, 0.3) is 0 Å². The average molecular weight is 401 g/mol. The Hall–Kier alpha value is -3.37. The van der Waals surface area contributed by atoms with Crippen molar-refractivity contribution in [3.8, 4) is 12.3 Å². The molecule has 10 heteroatoms. The summed E-state index contributed by atoms with van der Waals surface area (Å²) >= 11 is 3.20. The van der Waals surface area contributed by atoms with Crippen LogP contribution >= 0.6 is 15.9 Å². The van der Waals surface area contributed by atoms with Crippen LogP contribution in [0.3, 0.4) is 0 Å². The van der Waals surface area contributed by atoms with E-state index in [2.05, 4.69) is 36.5 Å². The molecule has 0 amide bonds. The molecule has 124 valence electrons. The minimum Gasteiger partial charge on any atom is -0.397 e. The topological polar surface area (TPSA) is 149 Å². The highest BCUT2D eigenvalue weighted by Gasteiger charge is 2.31. The van der Waals surface area contributed by atoms with Crippen molar-refractivity contribution < 1.29 is 4.39 Å². The van der Waals surface area contributed by atoms with Crippen molar-refractivity contribution in [2.24, 2.45) is 4.99 Å². The molecule has 0 saturated heterocycles. The number of aromatic nitrogens is 1. The van der Waals surface area contributed by atoms with Gasteiger partial charge in [0, 0.05) is 15.6 Å². The second kappa shape index (κ2) is 6.26. The Balaban J connectivity index is 2.28. The molecule has 2 heterocycles. The fraction of sp³-hybridized carbons (Fsp3) is 0.0667. The summed E-state index contributed by atoms with van der Waals surface area (Å²) in [5.74, 6) is -0.325. The maximum absolute atomic E-state index is 14.5. The molecule has 3 rings (SSSR count). The average Bonchev–Trinajstić information content (AvgIpc) is 2.54. The van der Waals surface area contributed by atoms with E-state index >= 15 is 0 Å². The quantitative estimate of drug-likeness (QED) is 0.422. The zero-order valence-corrected chi connectivity index (χ0v) is 14.1. The van der Waals surface area contributed by atoms with Crippen molar-refractivity contribution in [2.75, 3.05) is 16.8 Å². The van der Waals surface area contributed by atoms with Crippen LogP contribution in [-0.4, -0.2) is 10.9 Å². The van der Waals surface area contributed by atoms with Gasteiger partial charge in [-0.15, -0.1) is 0 Å². The Morgan fingerprint density at radius 1 is 1.32 bits per heavy atom. The SMILES string of the molecule is N#CNC1=NC(c2ccc(Br)cc2F)c2c(nc(N)c(C#N)c2N)N1. The Labute approximate surface area is 150 Å². The Morgan fingerprint density at radius 2 is 2.08 bits per heavy atom. The second-order valence-electron chi connectivity index (χ2n) is 5.07. The summed E-state index contributed by atoms with van der Waals surface area (Å²) in [6.45, 7) is 0. The molecule has 0 aliphatic carbocycles. The molecule has 1 aromatic heterocycles. The smallest absolute Gasteiger partial charge is 0.211 e. The van der Waals surface area contributed by atoms with Gasteiger partial charge in [-0.2, -0.15) is 10.5 Å². The monoisotopic (exact) mass is 400 g/mol. The first-order chi connectivity index (χ1) is 12.0. The van der Waals surface area contributed by atoms with Crippen LogP contribution in [0, 0.1) is 28.6 Å². The van der Waals surface area contributed by atoms with Gasteiger partial charge in [-0.3, -0.25) is 5.32 Å². The number of benzene rings is 1. The van der Waals surface area contributed by atoms with Gasteiger partial charge < -0.3 is 16.8 Å². The Morgan fingerprint density at radius 3 is 2.72 bits per heavy atom. The summed E-state index contributed by atoms with van der Waals surface area (Å²) in [5.41, 5.74) is 12.4. The van der Waals surface area contributed by atoms with E-state index in [-0.39, 0.29) is 34.4 Å². The Bertz CT molecular complexity index is 988. The number of rotatable bonds is 1. The predicted octanol–water partition coefficient (Wildman–Crippen LogP) is 1.96. The van der Waals surface area contributed by atoms with Gasteiger partial charge >= 0.3 is 0 Å². The summed E-state index contributed by atoms with van der Waals surface area (Å²) in [5, 5.41) is 23.2. The highest BCUT2D eigenvalue weighted by atomic mass is 79.9. The summed E-state index contributed by atoms with van der Waals surface area (Å²) in [6.07, 6.45) is 1.73. The zero-order valence-electron chi connectivity index (χ0n) is 12.5. The van der Waals surface area contributed by atoms with Gasteiger partial charge in [0.1, 0.15) is 35.1 Å². The van der Waals surface area contributed by atoms with E-state index in [4.69, 9.17) is 16.7 Å². The first-order valence-electron chi connectivity index (χ1n) is 6.90. The number of nitrogens with two attached hydrogens (primary N) is 2. The number of aliphatic imine (C=N–C) groups is 1. The normalized spacial score (nSPS) is 15.2.